The molecule has 0 saturated heterocycles. The molecule has 0 aliphatic heterocycles. The zero-order valence-electron chi connectivity index (χ0n) is 16.2. The van der Waals surface area contributed by atoms with Gasteiger partial charge in [0.1, 0.15) is 11.7 Å². The van der Waals surface area contributed by atoms with Gasteiger partial charge >= 0.3 is 5.97 Å². The minimum absolute atomic E-state index is 0.294. The third-order valence-electron chi connectivity index (χ3n) is 5.02. The maximum Gasteiger partial charge on any atom is 0.342 e. The summed E-state index contributed by atoms with van der Waals surface area (Å²) in [6.45, 7) is 1.52. The van der Waals surface area contributed by atoms with Crippen LogP contribution in [-0.2, 0) is 17.7 Å². The number of pyridine rings is 1. The van der Waals surface area contributed by atoms with Crippen molar-refractivity contribution in [2.45, 2.75) is 25.5 Å². The van der Waals surface area contributed by atoms with Gasteiger partial charge in [-0.1, -0.05) is 36.4 Å². The molecule has 2 aromatic heterocycles. The molecule has 0 N–H and O–H groups in total. The summed E-state index contributed by atoms with van der Waals surface area (Å²) in [5.41, 5.74) is 4.28. The van der Waals surface area contributed by atoms with Gasteiger partial charge in [-0.25, -0.2) is 4.79 Å². The van der Waals surface area contributed by atoms with Crippen LogP contribution in [0.2, 0.25) is 0 Å². The van der Waals surface area contributed by atoms with Crippen molar-refractivity contribution in [3.63, 3.8) is 0 Å². The molecule has 6 nitrogen and oxygen atoms in total. The summed E-state index contributed by atoms with van der Waals surface area (Å²) in [5, 5.41) is 4.48. The highest BCUT2D eigenvalue weighted by molar-refractivity contribution is 5.96. The van der Waals surface area contributed by atoms with Crippen LogP contribution in [0.4, 0.5) is 0 Å². The molecule has 2 heterocycles. The number of likely N-dealkylation sites (N-methyl/N-ethyl adjacent to an activating group) is 1. The van der Waals surface area contributed by atoms with Crippen molar-refractivity contribution in [1.29, 1.82) is 0 Å². The minimum Gasteiger partial charge on any atom is -0.452 e. The fourth-order valence-electron chi connectivity index (χ4n) is 3.58. The largest absolute Gasteiger partial charge is 0.452 e. The Morgan fingerprint density at radius 1 is 1.21 bits per heavy atom. The average molecular weight is 376 g/mol. The third-order valence-corrected chi connectivity index (χ3v) is 5.02. The number of rotatable bonds is 6. The zero-order valence-corrected chi connectivity index (χ0v) is 16.2. The molecule has 1 aliphatic rings. The number of fused-ring (bicyclic) bond motifs is 1. The van der Waals surface area contributed by atoms with Gasteiger partial charge in [0.2, 0.25) is 0 Å². The Morgan fingerprint density at radius 2 is 2.04 bits per heavy atom. The van der Waals surface area contributed by atoms with Crippen LogP contribution >= 0.6 is 0 Å². The van der Waals surface area contributed by atoms with Crippen molar-refractivity contribution < 1.29 is 9.53 Å². The van der Waals surface area contributed by atoms with E-state index < -0.39 is 0 Å². The fourth-order valence-corrected chi connectivity index (χ4v) is 3.58. The van der Waals surface area contributed by atoms with Gasteiger partial charge < -0.3 is 9.64 Å². The number of nitrogens with zero attached hydrogens (tertiary/aromatic N) is 4. The molecular weight excluding hydrogens is 352 g/mol. The lowest BCUT2D eigenvalue weighted by Crippen LogP contribution is -2.20. The van der Waals surface area contributed by atoms with Gasteiger partial charge in [0.05, 0.1) is 24.1 Å². The number of carbonyl (C=O) groups excluding carboxylic acids is 1. The summed E-state index contributed by atoms with van der Waals surface area (Å²) in [6.07, 6.45) is 4.73. The normalized spacial score (nSPS) is 15.6. The predicted molar refractivity (Wildman–Crippen MR) is 107 cm³/mol. The molecule has 3 aromatic rings. The van der Waals surface area contributed by atoms with E-state index in [0.717, 1.165) is 41.9 Å². The zero-order chi connectivity index (χ0) is 19.5. The lowest BCUT2D eigenvalue weighted by atomic mass is 10.1. The second-order valence-electron chi connectivity index (χ2n) is 7.28. The Hall–Kier alpha value is -2.99. The number of esters is 1. The smallest absolute Gasteiger partial charge is 0.342 e. The molecule has 0 bridgehead atoms. The number of ether oxygens (including phenoxy) is 1. The van der Waals surface area contributed by atoms with E-state index in [1.54, 1.807) is 12.4 Å². The SMILES string of the molecule is CN(C)CCn1ncc(C(=O)OC2CCc3cccnc32)c1-c1ccccc1. The van der Waals surface area contributed by atoms with Crippen LogP contribution < -0.4 is 0 Å². The summed E-state index contributed by atoms with van der Waals surface area (Å²) in [6, 6.07) is 13.8. The summed E-state index contributed by atoms with van der Waals surface area (Å²) in [7, 11) is 4.04. The number of hydrogen-bond donors (Lipinski definition) is 0. The molecule has 0 amide bonds. The first kappa shape index (κ1) is 18.4. The molecule has 0 saturated carbocycles. The number of aryl methyl sites for hydroxylation is 1. The van der Waals surface area contributed by atoms with Crippen molar-refractivity contribution in [2.24, 2.45) is 0 Å². The highest BCUT2D eigenvalue weighted by Crippen LogP contribution is 2.34. The van der Waals surface area contributed by atoms with E-state index in [2.05, 4.69) is 15.0 Å². The van der Waals surface area contributed by atoms with Crippen molar-refractivity contribution in [3.8, 4) is 11.3 Å². The Kier molecular flexibility index (Phi) is 5.21. The summed E-state index contributed by atoms with van der Waals surface area (Å²) in [4.78, 5) is 19.6. The summed E-state index contributed by atoms with van der Waals surface area (Å²) in [5.74, 6) is -0.349. The number of hydrogen-bond acceptors (Lipinski definition) is 5. The highest BCUT2D eigenvalue weighted by atomic mass is 16.5. The van der Waals surface area contributed by atoms with Gasteiger partial charge in [-0.05, 0) is 38.6 Å². The van der Waals surface area contributed by atoms with Crippen LogP contribution in [0.15, 0.2) is 54.9 Å². The number of aromatic nitrogens is 3. The number of benzene rings is 1. The van der Waals surface area contributed by atoms with Crippen LogP contribution in [0.5, 0.6) is 0 Å². The third kappa shape index (κ3) is 3.68. The minimum atomic E-state index is -0.349. The van der Waals surface area contributed by atoms with Crippen LogP contribution in [0, 0.1) is 0 Å². The van der Waals surface area contributed by atoms with Gasteiger partial charge in [0.15, 0.2) is 0 Å². The quantitative estimate of drug-likeness (QED) is 0.618. The monoisotopic (exact) mass is 376 g/mol. The van der Waals surface area contributed by atoms with Gasteiger partial charge in [-0.15, -0.1) is 0 Å². The molecule has 144 valence electrons. The van der Waals surface area contributed by atoms with E-state index in [1.807, 2.05) is 61.2 Å². The topological polar surface area (TPSA) is 60.2 Å². The first-order valence-electron chi connectivity index (χ1n) is 9.54. The van der Waals surface area contributed by atoms with Crippen LogP contribution in [0.25, 0.3) is 11.3 Å². The molecule has 1 unspecified atom stereocenters. The van der Waals surface area contributed by atoms with E-state index in [9.17, 15) is 4.79 Å². The fraction of sp³-hybridized carbons (Fsp3) is 0.318. The van der Waals surface area contributed by atoms with E-state index in [1.165, 1.54) is 0 Å². The summed E-state index contributed by atoms with van der Waals surface area (Å²) >= 11 is 0. The molecular formula is C22H24N4O2. The van der Waals surface area contributed by atoms with Crippen molar-refractivity contribution >= 4 is 5.97 Å². The van der Waals surface area contributed by atoms with Gasteiger partial charge in [-0.2, -0.15) is 5.10 Å². The first-order chi connectivity index (χ1) is 13.6. The van der Waals surface area contributed by atoms with Crippen molar-refractivity contribution in [2.75, 3.05) is 20.6 Å². The number of carbonyl (C=O) groups is 1. The molecule has 28 heavy (non-hydrogen) atoms. The molecule has 0 spiro atoms. The molecule has 1 atom stereocenters. The lowest BCUT2D eigenvalue weighted by molar-refractivity contribution is 0.0293. The Morgan fingerprint density at radius 3 is 2.82 bits per heavy atom. The predicted octanol–water partition coefficient (Wildman–Crippen LogP) is 3.35. The van der Waals surface area contributed by atoms with Crippen LogP contribution in [0.3, 0.4) is 0 Å². The van der Waals surface area contributed by atoms with E-state index >= 15 is 0 Å². The molecule has 0 fully saturated rings. The van der Waals surface area contributed by atoms with Gasteiger partial charge in [-0.3, -0.25) is 9.67 Å². The Balaban J connectivity index is 1.63. The van der Waals surface area contributed by atoms with Crippen molar-refractivity contribution in [1.82, 2.24) is 19.7 Å². The van der Waals surface area contributed by atoms with Crippen molar-refractivity contribution in [3.05, 3.63) is 71.7 Å². The molecule has 1 aromatic carbocycles. The van der Waals surface area contributed by atoms with Crippen LogP contribution in [-0.4, -0.2) is 46.3 Å². The lowest BCUT2D eigenvalue weighted by Gasteiger charge is -2.15. The Bertz CT molecular complexity index is 966. The highest BCUT2D eigenvalue weighted by Gasteiger charge is 2.29. The van der Waals surface area contributed by atoms with E-state index in [0.29, 0.717) is 12.1 Å². The van der Waals surface area contributed by atoms with Crippen LogP contribution in [0.1, 0.15) is 34.1 Å². The van der Waals surface area contributed by atoms with Gasteiger partial charge in [0, 0.05) is 18.3 Å². The molecule has 4 rings (SSSR count). The second-order valence-corrected chi connectivity index (χ2v) is 7.28. The van der Waals surface area contributed by atoms with E-state index in [-0.39, 0.29) is 12.1 Å². The maximum absolute atomic E-state index is 13.0. The van der Waals surface area contributed by atoms with Gasteiger partial charge in [0.25, 0.3) is 0 Å². The molecule has 0 radical (unpaired) electrons. The molecule has 6 heteroatoms. The molecule has 1 aliphatic carbocycles. The Labute approximate surface area is 164 Å². The summed E-state index contributed by atoms with van der Waals surface area (Å²) < 4.78 is 7.74. The standard InChI is InChI=1S/C22H24N4O2/c1-25(2)13-14-26-21(17-7-4-3-5-8-17)18(15-24-26)22(27)28-19-11-10-16-9-6-12-23-20(16)19/h3-9,12,15,19H,10-11,13-14H2,1-2H3. The van der Waals surface area contributed by atoms with E-state index in [4.69, 9.17) is 4.74 Å². The average Bonchev–Trinajstić information content (AvgIpc) is 3.31. The first-order valence-corrected chi connectivity index (χ1v) is 9.54. The second kappa shape index (κ2) is 7.94. The maximum atomic E-state index is 13.0.